The van der Waals surface area contributed by atoms with E-state index in [0.29, 0.717) is 5.69 Å². The van der Waals surface area contributed by atoms with E-state index < -0.39 is 18.8 Å². The zero-order valence-electron chi connectivity index (χ0n) is 12.8. The van der Waals surface area contributed by atoms with Crippen LogP contribution in [0.3, 0.4) is 0 Å². The number of carbonyl (C=O) groups is 1. The van der Waals surface area contributed by atoms with Crippen LogP contribution < -0.4 is 5.32 Å². The highest BCUT2D eigenvalue weighted by molar-refractivity contribution is 9.10. The van der Waals surface area contributed by atoms with Crippen molar-refractivity contribution in [2.45, 2.75) is 32.8 Å². The first-order valence-corrected chi connectivity index (χ1v) is 7.64. The van der Waals surface area contributed by atoms with E-state index in [2.05, 4.69) is 36.2 Å². The van der Waals surface area contributed by atoms with Gasteiger partial charge in [-0.05, 0) is 29.8 Å². The van der Waals surface area contributed by atoms with Gasteiger partial charge in [0.2, 0.25) is 5.91 Å². The maximum atomic E-state index is 12.2. The minimum absolute atomic E-state index is 0.333. The molecular weight excluding hydrogens is 395 g/mol. The molecule has 0 bridgehead atoms. The van der Waals surface area contributed by atoms with Crippen LogP contribution in [0.15, 0.2) is 23.1 Å². The van der Waals surface area contributed by atoms with Crippen molar-refractivity contribution in [1.29, 1.82) is 0 Å². The van der Waals surface area contributed by atoms with Crippen LogP contribution >= 0.6 is 15.9 Å². The Balaban J connectivity index is 1.90. The van der Waals surface area contributed by atoms with Gasteiger partial charge < -0.3 is 10.1 Å². The number of alkyl halides is 3. The van der Waals surface area contributed by atoms with E-state index in [-0.39, 0.29) is 12.6 Å². The lowest BCUT2D eigenvalue weighted by molar-refractivity contribution is -0.182. The molecule has 132 valence electrons. The molecule has 1 atom stereocenters. The summed E-state index contributed by atoms with van der Waals surface area (Å²) in [5.74, 6) is -0.333. The van der Waals surface area contributed by atoms with Gasteiger partial charge in [-0.15, -0.1) is 0 Å². The lowest BCUT2D eigenvalue weighted by Crippen LogP contribution is -2.24. The highest BCUT2D eigenvalue weighted by Gasteiger charge is 2.27. The Bertz CT molecular complexity index is 693. The van der Waals surface area contributed by atoms with Crippen molar-refractivity contribution in [1.82, 2.24) is 19.6 Å². The number of carbonyl (C=O) groups excluding carboxylic acids is 1. The molecule has 0 spiro atoms. The van der Waals surface area contributed by atoms with E-state index >= 15 is 0 Å². The normalized spacial score (nSPS) is 13.1. The number of halogens is 4. The molecule has 1 N–H and O–H groups in total. The molecule has 0 radical (unpaired) electrons. The van der Waals surface area contributed by atoms with Gasteiger partial charge in [-0.3, -0.25) is 9.48 Å². The third kappa shape index (κ3) is 5.06. The molecule has 0 saturated carbocycles. The van der Waals surface area contributed by atoms with Gasteiger partial charge >= 0.3 is 6.18 Å². The van der Waals surface area contributed by atoms with E-state index in [1.165, 1.54) is 17.1 Å². The first-order chi connectivity index (χ1) is 11.2. The summed E-state index contributed by atoms with van der Waals surface area (Å²) in [4.78, 5) is 12.2. The van der Waals surface area contributed by atoms with Crippen LogP contribution in [0.5, 0.6) is 0 Å². The van der Waals surface area contributed by atoms with Gasteiger partial charge in [-0.2, -0.15) is 23.4 Å². The first kappa shape index (κ1) is 18.5. The number of aryl methyl sites for hydroxylation is 1. The molecule has 0 saturated heterocycles. The molecule has 0 aromatic carbocycles. The predicted octanol–water partition coefficient (Wildman–Crippen LogP) is 2.89. The Hall–Kier alpha value is -1.88. The molecule has 0 fully saturated rings. The minimum atomic E-state index is -4.39. The van der Waals surface area contributed by atoms with Crippen molar-refractivity contribution < 1.29 is 22.7 Å². The van der Waals surface area contributed by atoms with Gasteiger partial charge in [0, 0.05) is 6.20 Å². The van der Waals surface area contributed by atoms with E-state index in [1.54, 1.807) is 20.0 Å². The lowest BCUT2D eigenvalue weighted by Gasteiger charge is -2.11. The van der Waals surface area contributed by atoms with E-state index in [4.69, 9.17) is 0 Å². The lowest BCUT2D eigenvalue weighted by atomic mass is 10.3. The second-order valence-corrected chi connectivity index (χ2v) is 5.92. The Labute approximate surface area is 143 Å². The number of anilines is 1. The maximum absolute atomic E-state index is 12.2. The SMILES string of the molecule is Cc1nn(C(C)C(=O)Nc2cnn(COCC(F)(F)F)c2)cc1Br. The average Bonchev–Trinajstić information content (AvgIpc) is 3.04. The standard InChI is InChI=1S/C13H15BrF3N5O2/c1-8-11(14)5-22(20-8)9(2)12(23)19-10-3-18-21(4-10)7-24-6-13(15,16)17/h3-5,9H,6-7H2,1-2H3,(H,19,23). The van der Waals surface area contributed by atoms with E-state index in [0.717, 1.165) is 14.8 Å². The number of ether oxygens (including phenoxy) is 1. The molecular formula is C13H15BrF3N5O2. The Kier molecular flexibility index (Phi) is 5.65. The Morgan fingerprint density at radius 2 is 2.17 bits per heavy atom. The predicted molar refractivity (Wildman–Crippen MR) is 82.2 cm³/mol. The summed E-state index contributed by atoms with van der Waals surface area (Å²) >= 11 is 3.32. The molecule has 0 aliphatic heterocycles. The maximum Gasteiger partial charge on any atom is 0.411 e. The van der Waals surface area contributed by atoms with Crippen LogP contribution in [0.25, 0.3) is 0 Å². The molecule has 2 aromatic rings. The van der Waals surface area contributed by atoms with Crippen molar-refractivity contribution in [2.24, 2.45) is 0 Å². The smallest absolute Gasteiger partial charge is 0.350 e. The summed E-state index contributed by atoms with van der Waals surface area (Å²) in [5, 5.41) is 10.6. The van der Waals surface area contributed by atoms with Gasteiger partial charge in [-0.1, -0.05) is 0 Å². The second kappa shape index (κ2) is 7.34. The van der Waals surface area contributed by atoms with Gasteiger partial charge in [0.1, 0.15) is 19.4 Å². The number of aromatic nitrogens is 4. The summed E-state index contributed by atoms with van der Waals surface area (Å²) in [6.45, 7) is 1.75. The van der Waals surface area contributed by atoms with E-state index in [1.807, 2.05) is 0 Å². The molecule has 2 heterocycles. The van der Waals surface area contributed by atoms with Crippen LogP contribution in [-0.2, 0) is 16.3 Å². The molecule has 1 amide bonds. The summed E-state index contributed by atoms with van der Waals surface area (Å²) < 4.78 is 43.9. The number of nitrogens with zero attached hydrogens (tertiary/aromatic N) is 4. The topological polar surface area (TPSA) is 74.0 Å². The van der Waals surface area contributed by atoms with Crippen molar-refractivity contribution in [3.63, 3.8) is 0 Å². The summed E-state index contributed by atoms with van der Waals surface area (Å²) in [6, 6.07) is -0.570. The van der Waals surface area contributed by atoms with Gasteiger partial charge in [-0.25, -0.2) is 4.68 Å². The summed E-state index contributed by atoms with van der Waals surface area (Å²) in [7, 11) is 0. The van der Waals surface area contributed by atoms with Crippen molar-refractivity contribution in [3.05, 3.63) is 28.8 Å². The van der Waals surface area contributed by atoms with Crippen LogP contribution in [0.4, 0.5) is 18.9 Å². The zero-order chi connectivity index (χ0) is 17.9. The molecule has 2 aromatic heterocycles. The highest BCUT2D eigenvalue weighted by atomic mass is 79.9. The van der Waals surface area contributed by atoms with Crippen molar-refractivity contribution in [3.8, 4) is 0 Å². The fourth-order valence-electron chi connectivity index (χ4n) is 1.78. The molecule has 1 unspecified atom stereocenters. The Morgan fingerprint density at radius 3 is 2.75 bits per heavy atom. The molecule has 11 heteroatoms. The average molecular weight is 410 g/mol. The number of rotatable bonds is 6. The van der Waals surface area contributed by atoms with Gasteiger partial charge in [0.15, 0.2) is 0 Å². The largest absolute Gasteiger partial charge is 0.411 e. The fraction of sp³-hybridized carbons (Fsp3) is 0.462. The minimum Gasteiger partial charge on any atom is -0.350 e. The molecule has 7 nitrogen and oxygen atoms in total. The van der Waals surface area contributed by atoms with Crippen LogP contribution in [-0.4, -0.2) is 38.3 Å². The van der Waals surface area contributed by atoms with Crippen LogP contribution in [0, 0.1) is 6.92 Å². The van der Waals surface area contributed by atoms with Crippen LogP contribution in [0.1, 0.15) is 18.7 Å². The van der Waals surface area contributed by atoms with Crippen LogP contribution in [0.2, 0.25) is 0 Å². The zero-order valence-corrected chi connectivity index (χ0v) is 14.4. The third-order valence-electron chi connectivity index (χ3n) is 3.02. The summed E-state index contributed by atoms with van der Waals surface area (Å²) in [5.41, 5.74) is 1.11. The molecule has 0 aliphatic carbocycles. The quantitative estimate of drug-likeness (QED) is 0.795. The van der Waals surface area contributed by atoms with Crippen molar-refractivity contribution >= 4 is 27.5 Å². The monoisotopic (exact) mass is 409 g/mol. The number of nitrogens with one attached hydrogen (secondary N) is 1. The molecule has 2 rings (SSSR count). The second-order valence-electron chi connectivity index (χ2n) is 5.07. The molecule has 24 heavy (non-hydrogen) atoms. The number of amides is 1. The van der Waals surface area contributed by atoms with Gasteiger partial charge in [0.05, 0.1) is 28.2 Å². The van der Waals surface area contributed by atoms with Gasteiger partial charge in [0.25, 0.3) is 0 Å². The van der Waals surface area contributed by atoms with Crippen molar-refractivity contribution in [2.75, 3.05) is 11.9 Å². The number of hydrogen-bond acceptors (Lipinski definition) is 4. The highest BCUT2D eigenvalue weighted by Crippen LogP contribution is 2.18. The summed E-state index contributed by atoms with van der Waals surface area (Å²) in [6.07, 6.45) is 0.000846. The fourth-order valence-corrected chi connectivity index (χ4v) is 2.07. The third-order valence-corrected chi connectivity index (χ3v) is 3.80. The van der Waals surface area contributed by atoms with E-state index in [9.17, 15) is 18.0 Å². The molecule has 0 aliphatic rings. The first-order valence-electron chi connectivity index (χ1n) is 6.85. The number of hydrogen-bond donors (Lipinski definition) is 1. The Morgan fingerprint density at radius 1 is 1.46 bits per heavy atom.